The van der Waals surface area contributed by atoms with Crippen LogP contribution < -0.4 is 20.7 Å². The second kappa shape index (κ2) is 11.4. The van der Waals surface area contributed by atoms with E-state index >= 15 is 0 Å². The molecule has 0 spiro atoms. The lowest BCUT2D eigenvalue weighted by Crippen LogP contribution is -2.22. The first kappa shape index (κ1) is 25.9. The summed E-state index contributed by atoms with van der Waals surface area (Å²) in [6.45, 7) is 0. The van der Waals surface area contributed by atoms with Crippen LogP contribution in [0.5, 0.6) is 5.75 Å². The van der Waals surface area contributed by atoms with Crippen molar-refractivity contribution in [1.82, 2.24) is 0 Å². The van der Waals surface area contributed by atoms with E-state index in [-0.39, 0.29) is 5.97 Å². The van der Waals surface area contributed by atoms with Crippen LogP contribution in [-0.2, 0) is 0 Å². The minimum atomic E-state index is -0.936. The Bertz CT molecular complexity index is 1980. The predicted octanol–water partition coefficient (Wildman–Crippen LogP) is 8.64. The highest BCUT2D eigenvalue weighted by Crippen LogP contribution is 2.45. The molecule has 200 valence electrons. The van der Waals surface area contributed by atoms with E-state index in [9.17, 15) is 4.79 Å². The van der Waals surface area contributed by atoms with Gasteiger partial charge >= 0.3 is 5.97 Å². The number of ether oxygens (including phenoxy) is 1. The van der Waals surface area contributed by atoms with Crippen molar-refractivity contribution in [1.29, 1.82) is 0 Å². The topological polar surface area (TPSA) is 26.3 Å². The van der Waals surface area contributed by atoms with E-state index in [0.717, 1.165) is 32.7 Å². The van der Waals surface area contributed by atoms with Gasteiger partial charge < -0.3 is 4.74 Å². The van der Waals surface area contributed by atoms with Crippen molar-refractivity contribution >= 4 is 51.3 Å². The molecular formula is C39H27O2P. The second-order valence-electron chi connectivity index (χ2n) is 10.1. The van der Waals surface area contributed by atoms with E-state index in [1.54, 1.807) is 12.1 Å². The summed E-state index contributed by atoms with van der Waals surface area (Å²) < 4.78 is 6.26. The van der Waals surface area contributed by atoms with Gasteiger partial charge in [-0.15, -0.1) is 0 Å². The number of esters is 1. The van der Waals surface area contributed by atoms with Crippen molar-refractivity contribution in [2.75, 3.05) is 0 Å². The minimum absolute atomic E-state index is 0.373. The number of hydrogen-bond donors (Lipinski definition) is 0. The lowest BCUT2D eigenvalue weighted by molar-refractivity contribution is 0.0736. The smallest absolute Gasteiger partial charge is 0.343 e. The monoisotopic (exact) mass is 558 g/mol. The van der Waals surface area contributed by atoms with E-state index in [1.165, 1.54) is 15.9 Å². The van der Waals surface area contributed by atoms with Gasteiger partial charge in [0.1, 0.15) is 5.75 Å². The Morgan fingerprint density at radius 2 is 0.929 bits per heavy atom. The quantitative estimate of drug-likeness (QED) is 0.116. The average molecular weight is 559 g/mol. The number of carbonyl (C=O) groups is 1. The van der Waals surface area contributed by atoms with Crippen LogP contribution in [0.4, 0.5) is 0 Å². The van der Waals surface area contributed by atoms with Gasteiger partial charge in [0.15, 0.2) is 0 Å². The second-order valence-corrected chi connectivity index (χ2v) is 12.3. The van der Waals surface area contributed by atoms with Gasteiger partial charge in [-0.25, -0.2) is 4.79 Å². The summed E-state index contributed by atoms with van der Waals surface area (Å²) in [4.78, 5) is 13.4. The Morgan fingerprint density at radius 1 is 0.452 bits per heavy atom. The fourth-order valence-corrected chi connectivity index (χ4v) is 8.09. The van der Waals surface area contributed by atoms with Crippen LogP contribution in [0, 0.1) is 0 Å². The number of rotatable bonds is 6. The van der Waals surface area contributed by atoms with Gasteiger partial charge in [-0.3, -0.25) is 0 Å². The largest absolute Gasteiger partial charge is 0.422 e. The first-order valence-corrected chi connectivity index (χ1v) is 15.3. The summed E-state index contributed by atoms with van der Waals surface area (Å²) in [6, 6.07) is 55.9. The van der Waals surface area contributed by atoms with Gasteiger partial charge in [0.05, 0.1) is 5.56 Å². The number of benzene rings is 7. The Labute approximate surface area is 246 Å². The number of carbonyl (C=O) groups excluding carboxylic acids is 1. The zero-order chi connectivity index (χ0) is 28.3. The Morgan fingerprint density at radius 3 is 1.52 bits per heavy atom. The molecule has 0 aliphatic heterocycles. The molecule has 0 amide bonds. The summed E-state index contributed by atoms with van der Waals surface area (Å²) in [6.07, 6.45) is 0. The molecule has 0 bridgehead atoms. The standard InChI is InChI=1S/C39H27O2P/c40-39(30-16-4-1-5-17-30)41-35-26-24-28-14-10-12-22-33(28)37(35)38-34-23-13-11-15-29(34)25-27-36(38)42(31-18-6-2-7-19-31)32-20-8-3-9-21-32/h1-27H. The Kier molecular flexibility index (Phi) is 7.06. The van der Waals surface area contributed by atoms with E-state index in [0.29, 0.717) is 11.3 Å². The number of hydrogen-bond acceptors (Lipinski definition) is 2. The highest BCUT2D eigenvalue weighted by Gasteiger charge is 2.25. The van der Waals surface area contributed by atoms with Crippen molar-refractivity contribution in [2.45, 2.75) is 0 Å². The van der Waals surface area contributed by atoms with Crippen LogP contribution in [0.2, 0.25) is 0 Å². The molecule has 7 aromatic carbocycles. The average Bonchev–Trinajstić information content (AvgIpc) is 3.06. The Hall–Kier alpha value is -5.04. The molecule has 42 heavy (non-hydrogen) atoms. The molecule has 0 saturated carbocycles. The predicted molar refractivity (Wildman–Crippen MR) is 177 cm³/mol. The normalized spacial score (nSPS) is 11.2. The highest BCUT2D eigenvalue weighted by atomic mass is 31.1. The van der Waals surface area contributed by atoms with Crippen LogP contribution in [0.15, 0.2) is 164 Å². The molecule has 7 aromatic rings. The summed E-state index contributed by atoms with van der Waals surface area (Å²) in [5.74, 6) is 0.179. The SMILES string of the molecule is O=C(Oc1ccc2ccccc2c1-c1c(P(c2ccccc2)c2ccccc2)ccc2ccccc12)c1ccccc1. The van der Waals surface area contributed by atoms with Crippen LogP contribution in [0.25, 0.3) is 32.7 Å². The zero-order valence-corrected chi connectivity index (χ0v) is 23.7. The van der Waals surface area contributed by atoms with Crippen LogP contribution in [-0.4, -0.2) is 5.97 Å². The third-order valence-electron chi connectivity index (χ3n) is 7.53. The van der Waals surface area contributed by atoms with Gasteiger partial charge in [0.2, 0.25) is 0 Å². The molecule has 7 rings (SSSR count). The maximum absolute atomic E-state index is 13.4. The lowest BCUT2D eigenvalue weighted by atomic mass is 9.93. The molecule has 0 N–H and O–H groups in total. The third kappa shape index (κ3) is 4.87. The molecular weight excluding hydrogens is 531 g/mol. The molecule has 0 unspecified atom stereocenters. The summed E-state index contributed by atoms with van der Waals surface area (Å²) in [7, 11) is -0.936. The molecule has 0 radical (unpaired) electrons. The van der Waals surface area contributed by atoms with Gasteiger partial charge in [0.25, 0.3) is 0 Å². The molecule has 3 heteroatoms. The van der Waals surface area contributed by atoms with Crippen molar-refractivity contribution < 1.29 is 9.53 Å². The molecule has 0 saturated heterocycles. The first-order valence-electron chi connectivity index (χ1n) is 14.0. The van der Waals surface area contributed by atoms with Gasteiger partial charge in [-0.1, -0.05) is 146 Å². The van der Waals surface area contributed by atoms with Crippen molar-refractivity contribution in [3.63, 3.8) is 0 Å². The van der Waals surface area contributed by atoms with E-state index in [4.69, 9.17) is 4.74 Å². The molecule has 0 fully saturated rings. The van der Waals surface area contributed by atoms with Crippen LogP contribution >= 0.6 is 7.92 Å². The van der Waals surface area contributed by atoms with Crippen molar-refractivity contribution in [3.8, 4) is 16.9 Å². The molecule has 2 nitrogen and oxygen atoms in total. The van der Waals surface area contributed by atoms with Gasteiger partial charge in [0, 0.05) is 11.1 Å². The van der Waals surface area contributed by atoms with E-state index in [2.05, 4.69) is 115 Å². The molecule has 0 heterocycles. The van der Waals surface area contributed by atoms with Crippen LogP contribution in [0.1, 0.15) is 10.4 Å². The summed E-state index contributed by atoms with van der Waals surface area (Å²) in [5.41, 5.74) is 2.55. The lowest BCUT2D eigenvalue weighted by Gasteiger charge is -2.25. The fraction of sp³-hybridized carbons (Fsp3) is 0. The molecule has 0 aliphatic carbocycles. The number of fused-ring (bicyclic) bond motifs is 2. The zero-order valence-electron chi connectivity index (χ0n) is 22.9. The van der Waals surface area contributed by atoms with Crippen LogP contribution in [0.3, 0.4) is 0 Å². The fourth-order valence-electron chi connectivity index (χ4n) is 5.62. The molecule has 0 aliphatic rings. The highest BCUT2D eigenvalue weighted by molar-refractivity contribution is 7.80. The summed E-state index contributed by atoms with van der Waals surface area (Å²) >= 11 is 0. The maximum atomic E-state index is 13.4. The molecule has 0 atom stereocenters. The maximum Gasteiger partial charge on any atom is 0.343 e. The van der Waals surface area contributed by atoms with E-state index < -0.39 is 7.92 Å². The van der Waals surface area contributed by atoms with Crippen molar-refractivity contribution in [2.24, 2.45) is 0 Å². The van der Waals surface area contributed by atoms with Gasteiger partial charge in [-0.2, -0.15) is 0 Å². The van der Waals surface area contributed by atoms with Crippen molar-refractivity contribution in [3.05, 3.63) is 169 Å². The van der Waals surface area contributed by atoms with E-state index in [1.807, 2.05) is 36.4 Å². The summed E-state index contributed by atoms with van der Waals surface area (Å²) in [5, 5.41) is 8.15. The van der Waals surface area contributed by atoms with Gasteiger partial charge in [-0.05, 0) is 63.6 Å². The minimum Gasteiger partial charge on any atom is -0.422 e. The molecule has 0 aromatic heterocycles. The third-order valence-corrected chi connectivity index (χ3v) is 10.0. The first-order chi connectivity index (χ1) is 20.8. The Balaban J connectivity index is 1.56.